The lowest BCUT2D eigenvalue weighted by molar-refractivity contribution is 0.239. The van der Waals surface area contributed by atoms with Gasteiger partial charge in [-0.25, -0.2) is 9.97 Å². The van der Waals surface area contributed by atoms with Crippen LogP contribution in [-0.4, -0.2) is 56.2 Å². The van der Waals surface area contributed by atoms with E-state index in [1.54, 1.807) is 13.1 Å². The average molecular weight is 381 g/mol. The predicted octanol–water partition coefficient (Wildman–Crippen LogP) is 1.41. The van der Waals surface area contributed by atoms with E-state index in [9.17, 15) is 4.79 Å². The minimum Gasteiger partial charge on any atom is -0.354 e. The molecule has 9 nitrogen and oxygen atoms in total. The van der Waals surface area contributed by atoms with E-state index in [1.165, 1.54) is 6.07 Å². The van der Waals surface area contributed by atoms with Crippen LogP contribution in [0.15, 0.2) is 33.7 Å². The maximum atomic E-state index is 11.8. The van der Waals surface area contributed by atoms with Crippen LogP contribution in [0.5, 0.6) is 0 Å². The number of pyridine rings is 1. The number of H-pyrrole nitrogens is 1. The Labute approximate surface area is 162 Å². The molecule has 1 aliphatic heterocycles. The second-order valence-corrected chi connectivity index (χ2v) is 6.84. The molecule has 0 unspecified atom stereocenters. The Morgan fingerprint density at radius 3 is 2.64 bits per heavy atom. The molecule has 146 valence electrons. The molecule has 0 aliphatic carbocycles. The van der Waals surface area contributed by atoms with Crippen LogP contribution < -0.4 is 10.5 Å². The van der Waals surface area contributed by atoms with Gasteiger partial charge in [0, 0.05) is 56.6 Å². The van der Waals surface area contributed by atoms with Crippen LogP contribution in [0.3, 0.4) is 0 Å². The molecule has 1 N–H and O–H groups in total. The fourth-order valence-corrected chi connectivity index (χ4v) is 3.28. The maximum Gasteiger partial charge on any atom is 0.251 e. The number of aromatic nitrogens is 5. The first-order chi connectivity index (χ1) is 13.6. The molecule has 28 heavy (non-hydrogen) atoms. The van der Waals surface area contributed by atoms with Gasteiger partial charge in [0.1, 0.15) is 11.6 Å². The summed E-state index contributed by atoms with van der Waals surface area (Å²) in [5.74, 6) is 2.80. The van der Waals surface area contributed by atoms with Gasteiger partial charge in [-0.1, -0.05) is 12.1 Å². The number of anilines is 1. The van der Waals surface area contributed by atoms with Crippen LogP contribution in [0.2, 0.25) is 0 Å². The van der Waals surface area contributed by atoms with Gasteiger partial charge in [0.2, 0.25) is 5.89 Å². The number of aromatic amines is 1. The average Bonchev–Trinajstić information content (AvgIpc) is 3.13. The molecule has 3 aromatic rings. The fraction of sp³-hybridized carbons (Fsp3) is 0.421. The number of hydrogen-bond donors (Lipinski definition) is 1. The van der Waals surface area contributed by atoms with E-state index in [0.29, 0.717) is 18.3 Å². The highest BCUT2D eigenvalue weighted by molar-refractivity contribution is 5.56. The third kappa shape index (κ3) is 4.09. The van der Waals surface area contributed by atoms with E-state index in [4.69, 9.17) is 4.52 Å². The number of nitrogens with one attached hydrogen (secondary N) is 1. The van der Waals surface area contributed by atoms with Crippen LogP contribution in [0, 0.1) is 6.92 Å². The zero-order valence-electron chi connectivity index (χ0n) is 16.1. The van der Waals surface area contributed by atoms with E-state index >= 15 is 0 Å². The van der Waals surface area contributed by atoms with Crippen LogP contribution in [-0.2, 0) is 13.0 Å². The summed E-state index contributed by atoms with van der Waals surface area (Å²) in [6, 6.07) is 5.46. The van der Waals surface area contributed by atoms with Gasteiger partial charge in [-0.05, 0) is 18.6 Å². The van der Waals surface area contributed by atoms with Crippen molar-refractivity contribution in [3.8, 4) is 11.4 Å². The Kier molecular flexibility index (Phi) is 5.16. The number of aryl methyl sites for hydroxylation is 2. The molecule has 3 aromatic heterocycles. The molecular formula is C19H23N7O2. The van der Waals surface area contributed by atoms with Gasteiger partial charge in [0.25, 0.3) is 5.56 Å². The van der Waals surface area contributed by atoms with E-state index in [1.807, 2.05) is 19.1 Å². The van der Waals surface area contributed by atoms with Crippen molar-refractivity contribution in [2.24, 2.45) is 0 Å². The standard InChI is InChI=1S/C19H23N7O2/c1-3-15-10-18(27)23-19(22-15)14-4-5-17(20-11-14)26-8-6-25(7-9-26)12-16-21-13(2)28-24-16/h4-5,10-11H,3,6-9,12H2,1-2H3,(H,22,23,27). The molecular weight excluding hydrogens is 358 g/mol. The molecule has 1 aliphatic rings. The quantitative estimate of drug-likeness (QED) is 0.707. The Morgan fingerprint density at radius 1 is 1.18 bits per heavy atom. The topological polar surface area (TPSA) is 104 Å². The molecule has 9 heteroatoms. The number of rotatable bonds is 5. The highest BCUT2D eigenvalue weighted by Crippen LogP contribution is 2.19. The second-order valence-electron chi connectivity index (χ2n) is 6.84. The summed E-state index contributed by atoms with van der Waals surface area (Å²) in [6.07, 6.45) is 2.48. The van der Waals surface area contributed by atoms with Crippen LogP contribution in [0.4, 0.5) is 5.82 Å². The summed E-state index contributed by atoms with van der Waals surface area (Å²) in [5.41, 5.74) is 1.44. The SMILES string of the molecule is CCc1cc(=O)[nH]c(-c2ccc(N3CCN(Cc4noc(C)n4)CC3)nc2)n1. The lowest BCUT2D eigenvalue weighted by Gasteiger charge is -2.34. The molecule has 0 amide bonds. The molecule has 1 saturated heterocycles. The first kappa shape index (κ1) is 18.3. The zero-order valence-corrected chi connectivity index (χ0v) is 16.1. The highest BCUT2D eigenvalue weighted by Gasteiger charge is 2.19. The molecule has 0 aromatic carbocycles. The van der Waals surface area contributed by atoms with Crippen molar-refractivity contribution < 1.29 is 4.52 Å². The molecule has 0 radical (unpaired) electrons. The molecule has 0 bridgehead atoms. The highest BCUT2D eigenvalue weighted by atomic mass is 16.5. The van der Waals surface area contributed by atoms with Gasteiger partial charge in [-0.3, -0.25) is 9.69 Å². The monoisotopic (exact) mass is 381 g/mol. The summed E-state index contributed by atoms with van der Waals surface area (Å²) < 4.78 is 5.03. The summed E-state index contributed by atoms with van der Waals surface area (Å²) in [7, 11) is 0. The van der Waals surface area contributed by atoms with E-state index < -0.39 is 0 Å². The van der Waals surface area contributed by atoms with Crippen molar-refractivity contribution >= 4 is 5.82 Å². The molecule has 4 rings (SSSR count). The Hall–Kier alpha value is -3.07. The van der Waals surface area contributed by atoms with Crippen LogP contribution in [0.25, 0.3) is 11.4 Å². The second kappa shape index (κ2) is 7.89. The summed E-state index contributed by atoms with van der Waals surface area (Å²) in [4.78, 5) is 32.4. The maximum absolute atomic E-state index is 11.8. The number of nitrogens with zero attached hydrogens (tertiary/aromatic N) is 6. The lowest BCUT2D eigenvalue weighted by Crippen LogP contribution is -2.46. The van der Waals surface area contributed by atoms with Crippen molar-refractivity contribution in [2.75, 3.05) is 31.1 Å². The van der Waals surface area contributed by atoms with Gasteiger partial charge >= 0.3 is 0 Å². The third-order valence-corrected chi connectivity index (χ3v) is 4.81. The van der Waals surface area contributed by atoms with Gasteiger partial charge in [0.15, 0.2) is 5.82 Å². The zero-order chi connectivity index (χ0) is 19.5. The molecule has 4 heterocycles. The molecule has 1 fully saturated rings. The van der Waals surface area contributed by atoms with Crippen LogP contribution >= 0.6 is 0 Å². The van der Waals surface area contributed by atoms with Crippen molar-refractivity contribution in [1.29, 1.82) is 0 Å². The third-order valence-electron chi connectivity index (χ3n) is 4.81. The van der Waals surface area contributed by atoms with Crippen molar-refractivity contribution in [1.82, 2.24) is 30.0 Å². The molecule has 0 spiro atoms. The Balaban J connectivity index is 1.39. The normalized spacial score (nSPS) is 15.1. The number of hydrogen-bond acceptors (Lipinski definition) is 8. The largest absolute Gasteiger partial charge is 0.354 e. The lowest BCUT2D eigenvalue weighted by atomic mass is 10.2. The van der Waals surface area contributed by atoms with Crippen molar-refractivity contribution in [3.63, 3.8) is 0 Å². The fourth-order valence-electron chi connectivity index (χ4n) is 3.28. The molecule has 0 atom stereocenters. The molecule has 0 saturated carbocycles. The predicted molar refractivity (Wildman–Crippen MR) is 104 cm³/mol. The van der Waals surface area contributed by atoms with Gasteiger partial charge in [-0.2, -0.15) is 4.98 Å². The summed E-state index contributed by atoms with van der Waals surface area (Å²) in [6.45, 7) is 8.05. The Bertz CT molecular complexity index is 988. The summed E-state index contributed by atoms with van der Waals surface area (Å²) in [5, 5.41) is 3.96. The first-order valence-corrected chi connectivity index (χ1v) is 9.44. The van der Waals surface area contributed by atoms with Gasteiger partial charge in [-0.15, -0.1) is 0 Å². The van der Waals surface area contributed by atoms with Crippen molar-refractivity contribution in [3.05, 3.63) is 52.2 Å². The Morgan fingerprint density at radius 2 is 2.00 bits per heavy atom. The van der Waals surface area contributed by atoms with E-state index in [2.05, 4.69) is 34.9 Å². The number of piperazine rings is 1. The first-order valence-electron chi connectivity index (χ1n) is 9.44. The van der Waals surface area contributed by atoms with Gasteiger partial charge in [0.05, 0.1) is 6.54 Å². The van der Waals surface area contributed by atoms with Crippen LogP contribution in [0.1, 0.15) is 24.3 Å². The minimum atomic E-state index is -0.140. The van der Waals surface area contributed by atoms with Crippen molar-refractivity contribution in [2.45, 2.75) is 26.8 Å². The smallest absolute Gasteiger partial charge is 0.251 e. The van der Waals surface area contributed by atoms with E-state index in [-0.39, 0.29) is 5.56 Å². The summed E-state index contributed by atoms with van der Waals surface area (Å²) >= 11 is 0. The van der Waals surface area contributed by atoms with E-state index in [0.717, 1.165) is 55.5 Å². The van der Waals surface area contributed by atoms with Gasteiger partial charge < -0.3 is 14.4 Å². The minimum absolute atomic E-state index is 0.140.